The van der Waals surface area contributed by atoms with Crippen molar-refractivity contribution in [3.63, 3.8) is 0 Å². The van der Waals surface area contributed by atoms with Crippen LogP contribution in [0.15, 0.2) is 41.3 Å². The Balaban J connectivity index is 2.44. The molecule has 0 saturated heterocycles. The average Bonchev–Trinajstić information content (AvgIpc) is 2.63. The fourth-order valence-corrected chi connectivity index (χ4v) is 4.68. The quantitative estimate of drug-likeness (QED) is 0.648. The van der Waals surface area contributed by atoms with Crippen molar-refractivity contribution >= 4 is 27.6 Å². The summed E-state index contributed by atoms with van der Waals surface area (Å²) in [4.78, 5) is 12.2. The van der Waals surface area contributed by atoms with Crippen molar-refractivity contribution < 1.29 is 22.7 Å². The summed E-state index contributed by atoms with van der Waals surface area (Å²) in [5, 5.41) is 0.363. The van der Waals surface area contributed by atoms with Crippen LogP contribution >= 0.6 is 11.6 Å². The number of nitrogens with one attached hydrogen (secondary N) is 1. The molecule has 28 heavy (non-hydrogen) atoms. The zero-order valence-electron chi connectivity index (χ0n) is 16.3. The largest absolute Gasteiger partial charge is 0.496 e. The highest BCUT2D eigenvalue weighted by Gasteiger charge is 2.27. The van der Waals surface area contributed by atoms with Crippen LogP contribution in [0.2, 0.25) is 5.02 Å². The molecule has 1 N–H and O–H groups in total. The highest BCUT2D eigenvalue weighted by atomic mass is 35.5. The minimum Gasteiger partial charge on any atom is -0.496 e. The molecule has 0 unspecified atom stereocenters. The molecule has 0 aliphatic carbocycles. The van der Waals surface area contributed by atoms with E-state index >= 15 is 0 Å². The Labute approximate surface area is 170 Å². The van der Waals surface area contributed by atoms with E-state index in [1.807, 2.05) is 0 Å². The van der Waals surface area contributed by atoms with Gasteiger partial charge in [-0.05, 0) is 55.7 Å². The molecule has 2 aromatic rings. The van der Waals surface area contributed by atoms with Gasteiger partial charge in [0.2, 0.25) is 10.0 Å². The van der Waals surface area contributed by atoms with Gasteiger partial charge in [0.1, 0.15) is 5.75 Å². The molecule has 1 atom stereocenters. The van der Waals surface area contributed by atoms with E-state index in [9.17, 15) is 13.2 Å². The molecule has 0 bridgehead atoms. The van der Waals surface area contributed by atoms with Crippen LogP contribution in [0, 0.1) is 13.8 Å². The zero-order chi connectivity index (χ0) is 20.9. The maximum atomic E-state index is 13.1. The first kappa shape index (κ1) is 22.2. The minimum absolute atomic E-state index is 0.117. The molecule has 152 valence electrons. The first-order chi connectivity index (χ1) is 13.2. The minimum atomic E-state index is -3.94. The van der Waals surface area contributed by atoms with Gasteiger partial charge < -0.3 is 9.47 Å². The van der Waals surface area contributed by atoms with Gasteiger partial charge in [0, 0.05) is 5.02 Å². The van der Waals surface area contributed by atoms with Gasteiger partial charge in [-0.25, -0.2) is 13.1 Å². The number of hydrogen-bond acceptors (Lipinski definition) is 5. The SMILES string of the molecule is CCOC(=O)C[C@H](NS(=O)(=O)c1cc(C)c(OC)cc1C)c1ccccc1Cl. The number of methoxy groups -OCH3 is 1. The summed E-state index contributed by atoms with van der Waals surface area (Å²) >= 11 is 6.25. The Morgan fingerprint density at radius 1 is 1.18 bits per heavy atom. The lowest BCUT2D eigenvalue weighted by Gasteiger charge is -2.21. The lowest BCUT2D eigenvalue weighted by Crippen LogP contribution is -2.31. The second-order valence-corrected chi connectivity index (χ2v) is 8.38. The molecule has 0 aliphatic rings. The first-order valence-corrected chi connectivity index (χ1v) is 10.6. The summed E-state index contributed by atoms with van der Waals surface area (Å²) in [6.07, 6.45) is -0.176. The molecular weight excluding hydrogens is 402 g/mol. The molecule has 0 amide bonds. The smallest absolute Gasteiger partial charge is 0.307 e. The van der Waals surface area contributed by atoms with Crippen LogP contribution in [0.5, 0.6) is 5.75 Å². The number of halogens is 1. The molecule has 2 aromatic carbocycles. The van der Waals surface area contributed by atoms with Crippen LogP contribution in [0.4, 0.5) is 0 Å². The molecule has 8 heteroatoms. The summed E-state index contributed by atoms with van der Waals surface area (Å²) in [6, 6.07) is 9.14. The van der Waals surface area contributed by atoms with Gasteiger partial charge in [-0.15, -0.1) is 0 Å². The van der Waals surface area contributed by atoms with Crippen molar-refractivity contribution in [3.8, 4) is 5.75 Å². The van der Waals surface area contributed by atoms with Gasteiger partial charge in [0.25, 0.3) is 0 Å². The number of aryl methyl sites for hydroxylation is 2. The van der Waals surface area contributed by atoms with E-state index in [1.165, 1.54) is 7.11 Å². The Morgan fingerprint density at radius 3 is 2.46 bits per heavy atom. The molecule has 0 heterocycles. The number of benzene rings is 2. The van der Waals surface area contributed by atoms with Gasteiger partial charge in [-0.3, -0.25) is 4.79 Å². The molecular formula is C20H24ClNO5S. The number of carbonyl (C=O) groups excluding carboxylic acids is 1. The highest BCUT2D eigenvalue weighted by Crippen LogP contribution is 2.30. The number of hydrogen-bond donors (Lipinski definition) is 1. The van der Waals surface area contributed by atoms with Crippen molar-refractivity contribution in [2.24, 2.45) is 0 Å². The Hall–Kier alpha value is -2.09. The van der Waals surface area contributed by atoms with Crippen molar-refractivity contribution in [3.05, 3.63) is 58.1 Å². The van der Waals surface area contributed by atoms with Crippen molar-refractivity contribution in [1.29, 1.82) is 0 Å². The number of ether oxygens (including phenoxy) is 2. The molecule has 0 aromatic heterocycles. The lowest BCUT2D eigenvalue weighted by atomic mass is 10.1. The van der Waals surface area contributed by atoms with Crippen LogP contribution in [-0.2, 0) is 19.6 Å². The molecule has 2 rings (SSSR count). The molecule has 0 aliphatic heterocycles. The van der Waals surface area contributed by atoms with Gasteiger partial charge in [0.15, 0.2) is 0 Å². The van der Waals surface area contributed by atoms with Crippen LogP contribution in [0.25, 0.3) is 0 Å². The zero-order valence-corrected chi connectivity index (χ0v) is 17.9. The summed E-state index contributed by atoms with van der Waals surface area (Å²) < 4.78 is 39.0. The number of sulfonamides is 1. The second-order valence-electron chi connectivity index (χ2n) is 6.29. The summed E-state index contributed by atoms with van der Waals surface area (Å²) in [5.74, 6) is 0.0865. The third-order valence-electron chi connectivity index (χ3n) is 4.24. The fraction of sp³-hybridized carbons (Fsp3) is 0.350. The first-order valence-electron chi connectivity index (χ1n) is 8.77. The van der Waals surface area contributed by atoms with Crippen LogP contribution in [-0.4, -0.2) is 28.1 Å². The second kappa shape index (κ2) is 9.41. The summed E-state index contributed by atoms with van der Waals surface area (Å²) in [7, 11) is -2.41. The highest BCUT2D eigenvalue weighted by molar-refractivity contribution is 7.89. The van der Waals surface area contributed by atoms with E-state index in [2.05, 4.69) is 4.72 Å². The van der Waals surface area contributed by atoms with Gasteiger partial charge in [-0.1, -0.05) is 29.8 Å². The normalized spacial score (nSPS) is 12.5. The van der Waals surface area contributed by atoms with E-state index in [-0.39, 0.29) is 17.9 Å². The van der Waals surface area contributed by atoms with Gasteiger partial charge >= 0.3 is 5.97 Å². The predicted octanol–water partition coefficient (Wildman–Crippen LogP) is 3.94. The van der Waals surface area contributed by atoms with Gasteiger partial charge in [0.05, 0.1) is 31.1 Å². The van der Waals surface area contributed by atoms with Crippen molar-refractivity contribution in [2.45, 2.75) is 38.1 Å². The monoisotopic (exact) mass is 425 g/mol. The molecule has 0 spiro atoms. The molecule has 0 saturated carbocycles. The summed E-state index contributed by atoms with van der Waals surface area (Å²) in [6.45, 7) is 5.35. The maximum absolute atomic E-state index is 13.1. The Bertz CT molecular complexity index is 959. The topological polar surface area (TPSA) is 81.7 Å². The average molecular weight is 426 g/mol. The van der Waals surface area contributed by atoms with Gasteiger partial charge in [-0.2, -0.15) is 0 Å². The molecule has 0 radical (unpaired) electrons. The van der Waals surface area contributed by atoms with E-state index < -0.39 is 22.0 Å². The third kappa shape index (κ3) is 5.25. The number of esters is 1. The fourth-order valence-electron chi connectivity index (χ4n) is 2.88. The third-order valence-corrected chi connectivity index (χ3v) is 6.19. The van der Waals surface area contributed by atoms with E-state index in [0.29, 0.717) is 27.5 Å². The standard InChI is InChI=1S/C20H24ClNO5S/c1-5-27-20(23)12-17(15-8-6-7-9-16(15)21)22-28(24,25)19-11-13(2)18(26-4)10-14(19)3/h6-11,17,22H,5,12H2,1-4H3/t17-/m0/s1. The number of rotatable bonds is 8. The van der Waals surface area contributed by atoms with Crippen molar-refractivity contribution in [1.82, 2.24) is 4.72 Å². The molecule has 0 fully saturated rings. The van der Waals surface area contributed by atoms with Crippen LogP contribution in [0.3, 0.4) is 0 Å². The number of carbonyl (C=O) groups is 1. The maximum Gasteiger partial charge on any atom is 0.307 e. The lowest BCUT2D eigenvalue weighted by molar-refractivity contribution is -0.143. The Morgan fingerprint density at radius 2 is 1.86 bits per heavy atom. The van der Waals surface area contributed by atoms with Crippen molar-refractivity contribution in [2.75, 3.05) is 13.7 Å². The summed E-state index contributed by atoms with van der Waals surface area (Å²) in [5.41, 5.74) is 1.72. The molecule has 6 nitrogen and oxygen atoms in total. The predicted molar refractivity (Wildman–Crippen MR) is 108 cm³/mol. The van der Waals surface area contributed by atoms with Crippen LogP contribution < -0.4 is 9.46 Å². The van der Waals surface area contributed by atoms with E-state index in [4.69, 9.17) is 21.1 Å². The van der Waals surface area contributed by atoms with E-state index in [0.717, 1.165) is 0 Å². The van der Waals surface area contributed by atoms with E-state index in [1.54, 1.807) is 57.2 Å². The van der Waals surface area contributed by atoms with Crippen LogP contribution in [0.1, 0.15) is 36.1 Å². The Kier molecular flexibility index (Phi) is 7.46.